The van der Waals surface area contributed by atoms with Crippen LogP contribution in [0.3, 0.4) is 0 Å². The van der Waals surface area contributed by atoms with E-state index in [9.17, 15) is 9.90 Å². The number of carbonyl (C=O) groups is 1. The fourth-order valence-electron chi connectivity index (χ4n) is 4.17. The van der Waals surface area contributed by atoms with Crippen LogP contribution >= 0.6 is 0 Å². The summed E-state index contributed by atoms with van der Waals surface area (Å²) in [5.41, 5.74) is 7.43. The second-order valence-corrected chi connectivity index (χ2v) is 8.04. The summed E-state index contributed by atoms with van der Waals surface area (Å²) in [6.07, 6.45) is 1.91. The Kier molecular flexibility index (Phi) is 5.53. The third kappa shape index (κ3) is 4.59. The van der Waals surface area contributed by atoms with Gasteiger partial charge in [0.25, 0.3) is 0 Å². The topological polar surface area (TPSA) is 98.8 Å². The number of anilines is 3. The van der Waals surface area contributed by atoms with Crippen molar-refractivity contribution >= 4 is 23.6 Å². The predicted molar refractivity (Wildman–Crippen MR) is 114 cm³/mol. The maximum atomic E-state index is 11.2. The van der Waals surface area contributed by atoms with Crippen molar-refractivity contribution < 1.29 is 9.90 Å². The number of hydrogen-bond acceptors (Lipinski definition) is 7. The van der Waals surface area contributed by atoms with Crippen LogP contribution in [0.1, 0.15) is 22.3 Å². The highest BCUT2D eigenvalue weighted by Crippen LogP contribution is 2.28. The first kappa shape index (κ1) is 19.4. The monoisotopic (exact) mass is 396 g/mol. The molecule has 1 aromatic heterocycles. The average Bonchev–Trinajstić information content (AvgIpc) is 3.17. The summed E-state index contributed by atoms with van der Waals surface area (Å²) >= 11 is 0. The van der Waals surface area contributed by atoms with Crippen molar-refractivity contribution in [2.24, 2.45) is 5.92 Å². The molecule has 2 aliphatic heterocycles. The third-order valence-electron chi connectivity index (χ3n) is 5.85. The second kappa shape index (κ2) is 8.24. The standard InChI is InChI=1S/C21H28N6O2/c1-25-7-9-26(10-8-25)18-13-19(24-21(22)23-18)27-6-5-16(14-27)11-15-3-2-4-17(12-15)20(28)29/h2-4,12-13,16H,5-11,14H2,1H3,(H,28,29)(H2,22,23,24). The van der Waals surface area contributed by atoms with Crippen molar-refractivity contribution in [1.29, 1.82) is 0 Å². The van der Waals surface area contributed by atoms with Gasteiger partial charge in [-0.05, 0) is 43.5 Å². The summed E-state index contributed by atoms with van der Waals surface area (Å²) < 4.78 is 0. The highest BCUT2D eigenvalue weighted by atomic mass is 16.4. The second-order valence-electron chi connectivity index (χ2n) is 8.04. The van der Waals surface area contributed by atoms with Crippen LogP contribution in [-0.4, -0.2) is 72.3 Å². The molecule has 29 heavy (non-hydrogen) atoms. The van der Waals surface area contributed by atoms with Crippen molar-refractivity contribution in [3.8, 4) is 0 Å². The van der Waals surface area contributed by atoms with Crippen molar-refractivity contribution in [1.82, 2.24) is 14.9 Å². The number of carboxylic acids is 1. The minimum absolute atomic E-state index is 0.314. The van der Waals surface area contributed by atoms with E-state index in [2.05, 4.69) is 37.8 Å². The lowest BCUT2D eigenvalue weighted by Gasteiger charge is -2.33. The number of piperazine rings is 1. The highest BCUT2D eigenvalue weighted by molar-refractivity contribution is 5.87. The minimum Gasteiger partial charge on any atom is -0.478 e. The van der Waals surface area contributed by atoms with E-state index in [0.717, 1.165) is 69.3 Å². The molecular formula is C21H28N6O2. The van der Waals surface area contributed by atoms with E-state index in [1.807, 2.05) is 12.1 Å². The number of carboxylic acid groups (broad SMARTS) is 1. The van der Waals surface area contributed by atoms with E-state index in [1.165, 1.54) is 0 Å². The summed E-state index contributed by atoms with van der Waals surface area (Å²) in [7, 11) is 2.13. The smallest absolute Gasteiger partial charge is 0.335 e. The van der Waals surface area contributed by atoms with Crippen LogP contribution in [0.5, 0.6) is 0 Å². The van der Waals surface area contributed by atoms with E-state index in [4.69, 9.17) is 5.73 Å². The van der Waals surface area contributed by atoms with Gasteiger partial charge in [-0.3, -0.25) is 0 Å². The normalized spacial score (nSPS) is 20.2. The fraction of sp³-hybridized carbons (Fsp3) is 0.476. The van der Waals surface area contributed by atoms with Gasteiger partial charge in [-0.25, -0.2) is 4.79 Å². The first-order valence-corrected chi connectivity index (χ1v) is 10.1. The van der Waals surface area contributed by atoms with Crippen LogP contribution in [0.4, 0.5) is 17.6 Å². The average molecular weight is 396 g/mol. The predicted octanol–water partition coefficient (Wildman–Crippen LogP) is 1.58. The van der Waals surface area contributed by atoms with Gasteiger partial charge in [0.1, 0.15) is 11.6 Å². The molecule has 1 aromatic carbocycles. The summed E-state index contributed by atoms with van der Waals surface area (Å²) in [5.74, 6) is 1.68. The fourth-order valence-corrected chi connectivity index (χ4v) is 4.17. The maximum Gasteiger partial charge on any atom is 0.335 e. The lowest BCUT2D eigenvalue weighted by Crippen LogP contribution is -2.45. The largest absolute Gasteiger partial charge is 0.478 e. The third-order valence-corrected chi connectivity index (χ3v) is 5.85. The zero-order valence-electron chi connectivity index (χ0n) is 16.8. The molecule has 2 aromatic rings. The van der Waals surface area contributed by atoms with Crippen LogP contribution in [0.15, 0.2) is 30.3 Å². The zero-order chi connectivity index (χ0) is 20.4. The van der Waals surface area contributed by atoms with Gasteiger partial charge in [0.05, 0.1) is 5.56 Å². The van der Waals surface area contributed by atoms with Gasteiger partial charge in [0, 0.05) is 45.3 Å². The molecule has 3 N–H and O–H groups in total. The van der Waals surface area contributed by atoms with Gasteiger partial charge in [-0.1, -0.05) is 12.1 Å². The maximum absolute atomic E-state index is 11.2. The first-order valence-electron chi connectivity index (χ1n) is 10.1. The highest BCUT2D eigenvalue weighted by Gasteiger charge is 2.25. The first-order chi connectivity index (χ1) is 14.0. The molecule has 2 fully saturated rings. The Morgan fingerprint density at radius 3 is 2.55 bits per heavy atom. The molecule has 0 radical (unpaired) electrons. The minimum atomic E-state index is -0.882. The van der Waals surface area contributed by atoms with Gasteiger partial charge < -0.3 is 25.5 Å². The van der Waals surface area contributed by atoms with E-state index in [1.54, 1.807) is 12.1 Å². The Morgan fingerprint density at radius 2 is 1.83 bits per heavy atom. The molecule has 154 valence electrons. The van der Waals surface area contributed by atoms with Crippen LogP contribution < -0.4 is 15.5 Å². The lowest BCUT2D eigenvalue weighted by atomic mass is 9.97. The molecule has 8 nitrogen and oxygen atoms in total. The quantitative estimate of drug-likeness (QED) is 0.786. The summed E-state index contributed by atoms with van der Waals surface area (Å²) in [6, 6.07) is 9.28. The molecule has 0 bridgehead atoms. The molecule has 8 heteroatoms. The zero-order valence-corrected chi connectivity index (χ0v) is 16.8. The molecule has 0 amide bonds. The number of likely N-dealkylation sites (N-methyl/N-ethyl adjacent to an activating group) is 1. The Bertz CT molecular complexity index is 881. The molecule has 3 heterocycles. The van der Waals surface area contributed by atoms with Crippen LogP contribution in [-0.2, 0) is 6.42 Å². The van der Waals surface area contributed by atoms with Gasteiger partial charge in [-0.2, -0.15) is 9.97 Å². The number of nitrogens with zero attached hydrogens (tertiary/aromatic N) is 5. The van der Waals surface area contributed by atoms with Crippen molar-refractivity contribution in [3.63, 3.8) is 0 Å². The molecule has 4 rings (SSSR count). The van der Waals surface area contributed by atoms with E-state index in [-0.39, 0.29) is 0 Å². The Morgan fingerprint density at radius 1 is 1.10 bits per heavy atom. The van der Waals surface area contributed by atoms with Crippen LogP contribution in [0.25, 0.3) is 0 Å². The number of hydrogen-bond donors (Lipinski definition) is 2. The molecule has 0 aliphatic carbocycles. The van der Waals surface area contributed by atoms with Gasteiger partial charge in [0.2, 0.25) is 5.95 Å². The van der Waals surface area contributed by atoms with Gasteiger partial charge in [-0.15, -0.1) is 0 Å². The summed E-state index contributed by atoms with van der Waals surface area (Å²) in [5, 5.41) is 9.19. The van der Waals surface area contributed by atoms with Crippen molar-refractivity contribution in [2.75, 3.05) is 61.8 Å². The van der Waals surface area contributed by atoms with Crippen LogP contribution in [0, 0.1) is 5.92 Å². The summed E-state index contributed by atoms with van der Waals surface area (Å²) in [6.45, 7) is 5.71. The molecular weight excluding hydrogens is 368 g/mol. The molecule has 1 atom stereocenters. The number of nitrogen functional groups attached to an aromatic ring is 1. The number of aromatic carboxylic acids is 1. The number of nitrogens with two attached hydrogens (primary N) is 1. The van der Waals surface area contributed by atoms with E-state index >= 15 is 0 Å². The number of aromatic nitrogens is 2. The Hall–Kier alpha value is -2.87. The SMILES string of the molecule is CN1CCN(c2cc(N3CCC(Cc4cccc(C(=O)O)c4)C3)nc(N)n2)CC1. The van der Waals surface area contributed by atoms with Crippen LogP contribution in [0.2, 0.25) is 0 Å². The number of benzene rings is 1. The Balaban J connectivity index is 1.43. The van der Waals surface area contributed by atoms with Crippen molar-refractivity contribution in [2.45, 2.75) is 12.8 Å². The summed E-state index contributed by atoms with van der Waals surface area (Å²) in [4.78, 5) is 27.0. The molecule has 2 saturated heterocycles. The molecule has 0 spiro atoms. The van der Waals surface area contributed by atoms with Crippen molar-refractivity contribution in [3.05, 3.63) is 41.5 Å². The molecule has 2 aliphatic rings. The van der Waals surface area contributed by atoms with E-state index in [0.29, 0.717) is 17.4 Å². The lowest BCUT2D eigenvalue weighted by molar-refractivity contribution is 0.0696. The number of rotatable bonds is 5. The van der Waals surface area contributed by atoms with E-state index < -0.39 is 5.97 Å². The molecule has 1 unspecified atom stereocenters. The van der Waals surface area contributed by atoms with Gasteiger partial charge >= 0.3 is 5.97 Å². The molecule has 0 saturated carbocycles. The Labute approximate surface area is 171 Å². The van der Waals surface area contributed by atoms with Gasteiger partial charge in [0.15, 0.2) is 0 Å².